The Balaban J connectivity index is 0.000000138. The van der Waals surface area contributed by atoms with Gasteiger partial charge >= 0.3 is 0 Å². The number of aliphatic imine (C=N–C) groups is 2. The third kappa shape index (κ3) is 2.74. The predicted molar refractivity (Wildman–Crippen MR) is 69.1 cm³/mol. The molecule has 1 aliphatic heterocycles. The Bertz CT molecular complexity index is 483. The second-order valence-electron chi connectivity index (χ2n) is 2.92. The average Bonchev–Trinajstić information content (AvgIpc) is 2.81. The molecule has 0 radical (unpaired) electrons. The maximum Gasteiger partial charge on any atom is 0.219 e. The summed E-state index contributed by atoms with van der Waals surface area (Å²) < 4.78 is 0. The SMILES string of the molecule is S=C1N=CC=N1.c1ccc2ncncc2c1. The van der Waals surface area contributed by atoms with Gasteiger partial charge in [0.1, 0.15) is 6.33 Å². The number of aromatic nitrogens is 2. The highest BCUT2D eigenvalue weighted by atomic mass is 32.1. The number of hydrogen-bond acceptors (Lipinski definition) is 3. The van der Waals surface area contributed by atoms with Gasteiger partial charge in [0.25, 0.3) is 0 Å². The lowest BCUT2D eigenvalue weighted by molar-refractivity contribution is 1.22. The van der Waals surface area contributed by atoms with Crippen LogP contribution in [-0.4, -0.2) is 27.5 Å². The molecule has 0 fully saturated rings. The van der Waals surface area contributed by atoms with Gasteiger partial charge in [-0.05, 0) is 18.3 Å². The number of thiocarbonyl (C=S) groups is 1. The minimum atomic E-state index is 0.426. The van der Waals surface area contributed by atoms with Gasteiger partial charge in [-0.2, -0.15) is 0 Å². The summed E-state index contributed by atoms with van der Waals surface area (Å²) in [5.41, 5.74) is 0.998. The Labute approximate surface area is 97.8 Å². The van der Waals surface area contributed by atoms with Gasteiger partial charge in [-0.3, -0.25) is 0 Å². The summed E-state index contributed by atoms with van der Waals surface area (Å²) in [4.78, 5) is 15.2. The van der Waals surface area contributed by atoms with Crippen LogP contribution in [0, 0.1) is 0 Å². The summed E-state index contributed by atoms with van der Waals surface area (Å²) in [5, 5.41) is 1.51. The van der Waals surface area contributed by atoms with Gasteiger partial charge < -0.3 is 0 Å². The van der Waals surface area contributed by atoms with Crippen molar-refractivity contribution < 1.29 is 0 Å². The molecule has 0 amide bonds. The first-order valence-corrected chi connectivity index (χ1v) is 5.02. The summed E-state index contributed by atoms with van der Waals surface area (Å²) in [6.07, 6.45) is 6.51. The molecule has 2 heterocycles. The Morgan fingerprint density at radius 1 is 1.00 bits per heavy atom. The van der Waals surface area contributed by atoms with E-state index in [0.717, 1.165) is 10.9 Å². The number of hydrogen-bond donors (Lipinski definition) is 0. The quantitative estimate of drug-likeness (QED) is 0.648. The Morgan fingerprint density at radius 2 is 1.75 bits per heavy atom. The fourth-order valence-corrected chi connectivity index (χ4v) is 1.27. The van der Waals surface area contributed by atoms with Crippen molar-refractivity contribution in [2.45, 2.75) is 0 Å². The molecule has 0 bridgehead atoms. The monoisotopic (exact) mass is 228 g/mol. The molecule has 1 aliphatic rings. The van der Waals surface area contributed by atoms with Crippen LogP contribution in [0.5, 0.6) is 0 Å². The fourth-order valence-electron chi connectivity index (χ4n) is 1.15. The smallest absolute Gasteiger partial charge is 0.219 e. The molecule has 1 aromatic heterocycles. The lowest BCUT2D eigenvalue weighted by Crippen LogP contribution is -1.77. The topological polar surface area (TPSA) is 50.5 Å². The van der Waals surface area contributed by atoms with E-state index < -0.39 is 0 Å². The van der Waals surface area contributed by atoms with Crippen LogP contribution in [-0.2, 0) is 0 Å². The van der Waals surface area contributed by atoms with Crippen LogP contribution in [0.3, 0.4) is 0 Å². The second kappa shape index (κ2) is 5.18. The summed E-state index contributed by atoms with van der Waals surface area (Å²) >= 11 is 4.52. The number of nitrogens with zero attached hydrogens (tertiary/aromatic N) is 4. The predicted octanol–water partition coefficient (Wildman–Crippen LogP) is 2.06. The van der Waals surface area contributed by atoms with E-state index in [1.165, 1.54) is 0 Å². The van der Waals surface area contributed by atoms with Crippen molar-refractivity contribution in [3.8, 4) is 0 Å². The average molecular weight is 228 g/mol. The maximum atomic E-state index is 4.52. The van der Waals surface area contributed by atoms with Crippen LogP contribution >= 0.6 is 12.2 Å². The van der Waals surface area contributed by atoms with E-state index in [0.29, 0.717) is 5.11 Å². The second-order valence-corrected chi connectivity index (χ2v) is 3.29. The highest BCUT2D eigenvalue weighted by molar-refractivity contribution is 7.80. The minimum Gasteiger partial charge on any atom is -0.244 e. The molecule has 0 N–H and O–H groups in total. The minimum absolute atomic E-state index is 0.426. The van der Waals surface area contributed by atoms with Crippen LogP contribution in [0.15, 0.2) is 46.8 Å². The van der Waals surface area contributed by atoms with Gasteiger partial charge in [0, 0.05) is 24.0 Å². The van der Waals surface area contributed by atoms with E-state index in [9.17, 15) is 0 Å². The van der Waals surface area contributed by atoms with E-state index in [-0.39, 0.29) is 0 Å². The zero-order chi connectivity index (χ0) is 11.2. The molecule has 0 unspecified atom stereocenters. The first kappa shape index (κ1) is 10.5. The summed E-state index contributed by atoms with van der Waals surface area (Å²) in [6.45, 7) is 0. The van der Waals surface area contributed by atoms with Gasteiger partial charge in [-0.15, -0.1) is 0 Å². The van der Waals surface area contributed by atoms with Crippen LogP contribution in [0.4, 0.5) is 0 Å². The van der Waals surface area contributed by atoms with Crippen molar-refractivity contribution in [3.63, 3.8) is 0 Å². The van der Waals surface area contributed by atoms with Crippen molar-refractivity contribution in [2.24, 2.45) is 9.98 Å². The molecular formula is C11H8N4S. The number of benzene rings is 1. The van der Waals surface area contributed by atoms with Gasteiger partial charge in [0.05, 0.1) is 5.52 Å². The van der Waals surface area contributed by atoms with E-state index >= 15 is 0 Å². The summed E-state index contributed by atoms with van der Waals surface area (Å²) in [7, 11) is 0. The lowest BCUT2D eigenvalue weighted by atomic mass is 10.2. The van der Waals surface area contributed by atoms with Gasteiger partial charge in [-0.25, -0.2) is 20.0 Å². The molecule has 3 rings (SSSR count). The molecular weight excluding hydrogens is 220 g/mol. The molecule has 0 atom stereocenters. The molecule has 5 heteroatoms. The van der Waals surface area contributed by atoms with Crippen molar-refractivity contribution in [2.75, 3.05) is 0 Å². The van der Waals surface area contributed by atoms with Crippen LogP contribution in [0.1, 0.15) is 0 Å². The Morgan fingerprint density at radius 3 is 2.38 bits per heavy atom. The first-order valence-electron chi connectivity index (χ1n) is 4.62. The molecule has 78 valence electrons. The Kier molecular flexibility index (Phi) is 3.40. The van der Waals surface area contributed by atoms with Gasteiger partial charge in [-0.1, -0.05) is 18.2 Å². The van der Waals surface area contributed by atoms with Crippen LogP contribution in [0.2, 0.25) is 0 Å². The molecule has 16 heavy (non-hydrogen) atoms. The summed E-state index contributed by atoms with van der Waals surface area (Å²) in [5.74, 6) is 0. The normalized spacial score (nSPS) is 12.6. The molecule has 2 aromatic rings. The number of fused-ring (bicyclic) bond motifs is 1. The van der Waals surface area contributed by atoms with Crippen molar-refractivity contribution in [1.29, 1.82) is 0 Å². The zero-order valence-electron chi connectivity index (χ0n) is 8.32. The number of rotatable bonds is 0. The molecule has 0 saturated carbocycles. The van der Waals surface area contributed by atoms with E-state index in [4.69, 9.17) is 0 Å². The van der Waals surface area contributed by atoms with Crippen molar-refractivity contribution in [3.05, 3.63) is 36.8 Å². The molecule has 4 nitrogen and oxygen atoms in total. The van der Waals surface area contributed by atoms with Crippen LogP contribution in [0.25, 0.3) is 10.9 Å². The summed E-state index contributed by atoms with van der Waals surface area (Å²) in [6, 6.07) is 7.91. The fraction of sp³-hybridized carbons (Fsp3) is 0. The van der Waals surface area contributed by atoms with E-state index in [1.807, 2.05) is 30.5 Å². The highest BCUT2D eigenvalue weighted by Crippen LogP contribution is 2.06. The first-order chi connectivity index (χ1) is 7.86. The van der Waals surface area contributed by atoms with Crippen LogP contribution < -0.4 is 0 Å². The Hall–Kier alpha value is -2.01. The molecule has 0 aliphatic carbocycles. The van der Waals surface area contributed by atoms with Gasteiger partial charge in [0.15, 0.2) is 0 Å². The third-order valence-electron chi connectivity index (χ3n) is 1.85. The van der Waals surface area contributed by atoms with Crippen molar-refractivity contribution in [1.82, 2.24) is 9.97 Å². The molecule has 0 saturated heterocycles. The standard InChI is InChI=1S/C8H6N2.C3H2N2S/c1-2-4-8-7(3-1)5-9-6-10-8;6-3-4-1-2-5-3/h1-6H;1-2H. The van der Waals surface area contributed by atoms with E-state index in [2.05, 4.69) is 32.2 Å². The lowest BCUT2D eigenvalue weighted by Gasteiger charge is -1.90. The van der Waals surface area contributed by atoms with E-state index in [1.54, 1.807) is 18.8 Å². The van der Waals surface area contributed by atoms with Gasteiger partial charge in [0.2, 0.25) is 5.11 Å². The third-order valence-corrected chi connectivity index (χ3v) is 2.06. The largest absolute Gasteiger partial charge is 0.244 e. The highest BCUT2D eigenvalue weighted by Gasteiger charge is 1.87. The molecule has 1 aromatic carbocycles. The number of para-hydroxylation sites is 1. The van der Waals surface area contributed by atoms with Crippen molar-refractivity contribution >= 4 is 40.7 Å². The molecule has 0 spiro atoms. The maximum absolute atomic E-state index is 4.52. The zero-order valence-corrected chi connectivity index (χ0v) is 9.13.